The van der Waals surface area contributed by atoms with E-state index < -0.39 is 17.8 Å². The van der Waals surface area contributed by atoms with E-state index in [1.165, 1.54) is 0 Å². The number of nitrogens with one attached hydrogen (secondary N) is 1. The number of carboxylic acids is 1. The molecule has 1 aromatic carbocycles. The molecule has 2 aliphatic heterocycles. The molecule has 2 heterocycles. The first-order valence-corrected chi connectivity index (χ1v) is 6.89. The normalized spacial score (nSPS) is 31.2. The topological polar surface area (TPSA) is 75.6 Å². The highest BCUT2D eigenvalue weighted by Crippen LogP contribution is 2.44. The molecule has 0 aliphatic carbocycles. The summed E-state index contributed by atoms with van der Waals surface area (Å²) >= 11 is 5.99. The van der Waals surface area contributed by atoms with Gasteiger partial charge in [0.1, 0.15) is 0 Å². The number of benzene rings is 1. The second-order valence-corrected chi connectivity index (χ2v) is 5.56. The van der Waals surface area contributed by atoms with Crippen LogP contribution in [0.5, 0.6) is 0 Å². The number of para-hydroxylation sites is 1. The van der Waals surface area contributed by atoms with E-state index >= 15 is 0 Å². The molecular weight excluding hydrogens is 282 g/mol. The SMILES string of the molecule is O=C(O)[C@H]1[C@H](C(=O)Nc2ccccc2Cl)[C@H]2CC[C@H]1O2. The molecule has 0 unspecified atom stereocenters. The van der Waals surface area contributed by atoms with E-state index in [0.29, 0.717) is 17.1 Å². The van der Waals surface area contributed by atoms with Crippen molar-refractivity contribution in [3.63, 3.8) is 0 Å². The molecule has 2 bridgehead atoms. The van der Waals surface area contributed by atoms with Crippen LogP contribution in [0.25, 0.3) is 0 Å². The Balaban J connectivity index is 1.80. The number of carboxylic acid groups (broad SMARTS) is 1. The maximum Gasteiger partial charge on any atom is 0.310 e. The lowest BCUT2D eigenvalue weighted by molar-refractivity contribution is -0.147. The van der Waals surface area contributed by atoms with E-state index in [2.05, 4.69) is 5.32 Å². The summed E-state index contributed by atoms with van der Waals surface area (Å²) in [5.74, 6) is -2.73. The average molecular weight is 296 g/mol. The molecule has 2 aliphatic rings. The minimum Gasteiger partial charge on any atom is -0.481 e. The van der Waals surface area contributed by atoms with Crippen molar-refractivity contribution >= 4 is 29.2 Å². The van der Waals surface area contributed by atoms with Gasteiger partial charge in [-0.2, -0.15) is 0 Å². The third kappa shape index (κ3) is 2.17. The standard InChI is InChI=1S/C14H14ClNO4/c15-7-3-1-2-4-8(7)16-13(17)11-9-5-6-10(20-9)12(11)14(18)19/h1-4,9-12H,5-6H2,(H,16,17)(H,18,19)/t9-,10-,11-,12-/m1/s1. The average Bonchev–Trinajstić information content (AvgIpc) is 3.01. The summed E-state index contributed by atoms with van der Waals surface area (Å²) in [5, 5.41) is 12.4. The van der Waals surface area contributed by atoms with Crippen LogP contribution in [0.1, 0.15) is 12.8 Å². The Morgan fingerprint density at radius 3 is 2.50 bits per heavy atom. The molecule has 0 spiro atoms. The maximum absolute atomic E-state index is 12.4. The van der Waals surface area contributed by atoms with Crippen molar-refractivity contribution < 1.29 is 19.4 Å². The first-order chi connectivity index (χ1) is 9.58. The second-order valence-electron chi connectivity index (χ2n) is 5.15. The van der Waals surface area contributed by atoms with Crippen molar-refractivity contribution in [2.75, 3.05) is 5.32 Å². The molecule has 2 fully saturated rings. The number of carbonyl (C=O) groups is 2. The van der Waals surface area contributed by atoms with Gasteiger partial charge in [-0.1, -0.05) is 23.7 Å². The fraction of sp³-hybridized carbons (Fsp3) is 0.429. The number of aliphatic carboxylic acids is 1. The third-order valence-electron chi connectivity index (χ3n) is 3.99. The molecule has 1 amide bonds. The number of hydrogen-bond donors (Lipinski definition) is 2. The van der Waals surface area contributed by atoms with Crippen LogP contribution >= 0.6 is 11.6 Å². The van der Waals surface area contributed by atoms with Crippen molar-refractivity contribution in [1.29, 1.82) is 0 Å². The van der Waals surface area contributed by atoms with E-state index in [4.69, 9.17) is 16.3 Å². The van der Waals surface area contributed by atoms with Gasteiger partial charge in [-0.3, -0.25) is 9.59 Å². The van der Waals surface area contributed by atoms with Gasteiger partial charge in [0, 0.05) is 0 Å². The molecule has 3 rings (SSSR count). The van der Waals surface area contributed by atoms with Gasteiger partial charge in [-0.05, 0) is 25.0 Å². The highest BCUT2D eigenvalue weighted by molar-refractivity contribution is 6.33. The fourth-order valence-electron chi connectivity index (χ4n) is 3.10. The van der Waals surface area contributed by atoms with E-state index in [1.54, 1.807) is 24.3 Å². The van der Waals surface area contributed by atoms with Crippen LogP contribution in [0.15, 0.2) is 24.3 Å². The van der Waals surface area contributed by atoms with Crippen LogP contribution in [0.4, 0.5) is 5.69 Å². The molecule has 2 saturated heterocycles. The molecule has 4 atom stereocenters. The van der Waals surface area contributed by atoms with Crippen molar-refractivity contribution in [2.24, 2.45) is 11.8 Å². The van der Waals surface area contributed by atoms with Gasteiger partial charge in [0.2, 0.25) is 5.91 Å². The van der Waals surface area contributed by atoms with Crippen LogP contribution in [-0.2, 0) is 14.3 Å². The number of anilines is 1. The van der Waals surface area contributed by atoms with Crippen molar-refractivity contribution in [3.8, 4) is 0 Å². The zero-order valence-corrected chi connectivity index (χ0v) is 11.3. The Labute approximate surface area is 120 Å². The van der Waals surface area contributed by atoms with Crippen LogP contribution in [-0.4, -0.2) is 29.2 Å². The predicted octanol–water partition coefficient (Wildman–Crippen LogP) is 2.16. The maximum atomic E-state index is 12.4. The molecule has 2 N–H and O–H groups in total. The Morgan fingerprint density at radius 1 is 1.20 bits per heavy atom. The van der Waals surface area contributed by atoms with Gasteiger partial charge in [0.25, 0.3) is 0 Å². The first kappa shape index (κ1) is 13.4. The zero-order chi connectivity index (χ0) is 14.3. The third-order valence-corrected chi connectivity index (χ3v) is 4.32. The van der Waals surface area contributed by atoms with Gasteiger partial charge >= 0.3 is 5.97 Å². The summed E-state index contributed by atoms with van der Waals surface area (Å²) in [6.45, 7) is 0. The number of halogens is 1. The Bertz CT molecular complexity index is 562. The van der Waals surface area contributed by atoms with Gasteiger partial charge in [0.15, 0.2) is 0 Å². The van der Waals surface area contributed by atoms with Crippen molar-refractivity contribution in [1.82, 2.24) is 0 Å². The highest BCUT2D eigenvalue weighted by atomic mass is 35.5. The molecule has 106 valence electrons. The van der Waals surface area contributed by atoms with E-state index in [1.807, 2.05) is 0 Å². The molecule has 1 aromatic rings. The van der Waals surface area contributed by atoms with Gasteiger partial charge in [-0.25, -0.2) is 0 Å². The first-order valence-electron chi connectivity index (χ1n) is 6.51. The molecular formula is C14H14ClNO4. The smallest absolute Gasteiger partial charge is 0.310 e. The summed E-state index contributed by atoms with van der Waals surface area (Å²) in [5.41, 5.74) is 0.492. The summed E-state index contributed by atoms with van der Waals surface area (Å²) in [6.07, 6.45) is 0.787. The lowest BCUT2D eigenvalue weighted by Crippen LogP contribution is -2.40. The number of rotatable bonds is 3. The van der Waals surface area contributed by atoms with Crippen LogP contribution in [0.2, 0.25) is 5.02 Å². The molecule has 6 heteroatoms. The van der Waals surface area contributed by atoms with Gasteiger partial charge in [0.05, 0.1) is 34.8 Å². The molecule has 5 nitrogen and oxygen atoms in total. The van der Waals surface area contributed by atoms with Gasteiger partial charge < -0.3 is 15.2 Å². The monoisotopic (exact) mass is 295 g/mol. The van der Waals surface area contributed by atoms with Crippen LogP contribution < -0.4 is 5.32 Å². The number of fused-ring (bicyclic) bond motifs is 2. The summed E-state index contributed by atoms with van der Waals surface area (Å²) in [7, 11) is 0. The number of hydrogen-bond acceptors (Lipinski definition) is 3. The lowest BCUT2D eigenvalue weighted by Gasteiger charge is -2.24. The van der Waals surface area contributed by atoms with E-state index in [-0.39, 0.29) is 18.1 Å². The lowest BCUT2D eigenvalue weighted by atomic mass is 9.78. The minimum atomic E-state index is -0.975. The summed E-state index contributed by atoms with van der Waals surface area (Å²) < 4.78 is 5.57. The Morgan fingerprint density at radius 2 is 1.85 bits per heavy atom. The fourth-order valence-corrected chi connectivity index (χ4v) is 3.29. The van der Waals surface area contributed by atoms with E-state index in [0.717, 1.165) is 6.42 Å². The number of amides is 1. The van der Waals surface area contributed by atoms with Crippen LogP contribution in [0.3, 0.4) is 0 Å². The number of carbonyl (C=O) groups excluding carboxylic acids is 1. The Hall–Kier alpha value is -1.59. The van der Waals surface area contributed by atoms with Crippen LogP contribution in [0, 0.1) is 11.8 Å². The quantitative estimate of drug-likeness (QED) is 0.896. The second kappa shape index (κ2) is 5.07. The van der Waals surface area contributed by atoms with Crippen molar-refractivity contribution in [2.45, 2.75) is 25.0 Å². The largest absolute Gasteiger partial charge is 0.481 e. The summed E-state index contributed by atoms with van der Waals surface area (Å²) in [6, 6.07) is 6.87. The molecule has 0 saturated carbocycles. The molecule has 0 radical (unpaired) electrons. The predicted molar refractivity (Wildman–Crippen MR) is 72.6 cm³/mol. The zero-order valence-electron chi connectivity index (χ0n) is 10.6. The summed E-state index contributed by atoms with van der Waals surface area (Å²) in [4.78, 5) is 23.7. The highest BCUT2D eigenvalue weighted by Gasteiger charge is 2.55. The number of ether oxygens (including phenoxy) is 1. The van der Waals surface area contributed by atoms with E-state index in [9.17, 15) is 14.7 Å². The molecule has 0 aromatic heterocycles. The molecule has 20 heavy (non-hydrogen) atoms. The Kier molecular flexibility index (Phi) is 3.40. The minimum absolute atomic E-state index is 0.302. The van der Waals surface area contributed by atoms with Gasteiger partial charge in [-0.15, -0.1) is 0 Å². The van der Waals surface area contributed by atoms with Crippen molar-refractivity contribution in [3.05, 3.63) is 29.3 Å².